The van der Waals surface area contributed by atoms with Crippen LogP contribution in [0.5, 0.6) is 11.6 Å². The summed E-state index contributed by atoms with van der Waals surface area (Å²) in [6.07, 6.45) is 1.69. The van der Waals surface area contributed by atoms with Gasteiger partial charge in [0.05, 0.1) is 0 Å². The minimum Gasteiger partial charge on any atom is -0.439 e. The van der Waals surface area contributed by atoms with Crippen molar-refractivity contribution >= 4 is 12.6 Å². The summed E-state index contributed by atoms with van der Waals surface area (Å²) in [5.41, 5.74) is 0.897. The second-order valence-corrected chi connectivity index (χ2v) is 3.65. The van der Waals surface area contributed by atoms with E-state index in [9.17, 15) is 0 Å². The molecule has 0 saturated carbocycles. The maximum Gasteiger partial charge on any atom is 0.493 e. The van der Waals surface area contributed by atoms with Crippen LogP contribution in [0.4, 0.5) is 0 Å². The van der Waals surface area contributed by atoms with Gasteiger partial charge >= 0.3 is 7.12 Å². The van der Waals surface area contributed by atoms with Crippen molar-refractivity contribution < 1.29 is 14.0 Å². The van der Waals surface area contributed by atoms with Crippen molar-refractivity contribution in [1.82, 2.24) is 4.98 Å². The lowest BCUT2D eigenvalue weighted by atomic mass is 9.79. The Kier molecular flexibility index (Phi) is 4.33. The molecule has 0 fully saturated rings. The lowest BCUT2D eigenvalue weighted by Crippen LogP contribution is -2.34. The molecular formula is C13H14BNO3. The van der Waals surface area contributed by atoms with Crippen LogP contribution in [0.1, 0.15) is 0 Å². The molecule has 1 aromatic carbocycles. The van der Waals surface area contributed by atoms with E-state index in [0.717, 1.165) is 5.46 Å². The van der Waals surface area contributed by atoms with Crippen LogP contribution in [0, 0.1) is 0 Å². The van der Waals surface area contributed by atoms with Crippen molar-refractivity contribution in [2.24, 2.45) is 0 Å². The monoisotopic (exact) mass is 243 g/mol. The zero-order chi connectivity index (χ0) is 12.8. The highest BCUT2D eigenvalue weighted by Gasteiger charge is 2.18. The van der Waals surface area contributed by atoms with Crippen molar-refractivity contribution in [3.63, 3.8) is 0 Å². The number of ether oxygens (including phenoxy) is 1. The molecule has 0 unspecified atom stereocenters. The highest BCUT2D eigenvalue weighted by molar-refractivity contribution is 6.61. The molecule has 2 rings (SSSR count). The number of benzene rings is 1. The summed E-state index contributed by atoms with van der Waals surface area (Å²) in [5, 5.41) is 0. The summed E-state index contributed by atoms with van der Waals surface area (Å²) in [6.45, 7) is 0. The van der Waals surface area contributed by atoms with E-state index in [1.54, 1.807) is 26.5 Å². The van der Waals surface area contributed by atoms with Gasteiger partial charge in [0, 0.05) is 26.5 Å². The molecule has 0 amide bonds. The maximum absolute atomic E-state index is 5.64. The Bertz CT molecular complexity index is 489. The van der Waals surface area contributed by atoms with E-state index in [1.807, 2.05) is 36.4 Å². The molecular weight excluding hydrogens is 229 g/mol. The van der Waals surface area contributed by atoms with Crippen molar-refractivity contribution in [2.75, 3.05) is 14.2 Å². The van der Waals surface area contributed by atoms with Gasteiger partial charge in [-0.15, -0.1) is 0 Å². The van der Waals surface area contributed by atoms with Gasteiger partial charge in [-0.05, 0) is 23.7 Å². The number of rotatable bonds is 5. The average molecular weight is 243 g/mol. The lowest BCUT2D eigenvalue weighted by molar-refractivity contribution is 0.292. The van der Waals surface area contributed by atoms with E-state index in [0.29, 0.717) is 11.6 Å². The largest absolute Gasteiger partial charge is 0.493 e. The van der Waals surface area contributed by atoms with E-state index in [-0.39, 0.29) is 0 Å². The molecule has 0 radical (unpaired) electrons. The van der Waals surface area contributed by atoms with Crippen molar-refractivity contribution in [1.29, 1.82) is 0 Å². The van der Waals surface area contributed by atoms with Crippen LogP contribution in [0.15, 0.2) is 48.7 Å². The highest BCUT2D eigenvalue weighted by atomic mass is 16.6. The zero-order valence-electron chi connectivity index (χ0n) is 10.4. The molecule has 1 heterocycles. The van der Waals surface area contributed by atoms with Crippen LogP contribution in [0.25, 0.3) is 0 Å². The van der Waals surface area contributed by atoms with Crippen molar-refractivity contribution in [2.45, 2.75) is 0 Å². The van der Waals surface area contributed by atoms with Gasteiger partial charge < -0.3 is 14.0 Å². The van der Waals surface area contributed by atoms with Crippen LogP contribution in [0.3, 0.4) is 0 Å². The normalized spacial score (nSPS) is 10.1. The minimum absolute atomic E-state index is 0.391. The van der Waals surface area contributed by atoms with Crippen molar-refractivity contribution in [3.05, 3.63) is 48.7 Å². The Balaban J connectivity index is 2.17. The molecule has 18 heavy (non-hydrogen) atoms. The van der Waals surface area contributed by atoms with Crippen LogP contribution in [-0.2, 0) is 9.31 Å². The molecule has 0 saturated heterocycles. The number of aromatic nitrogens is 1. The van der Waals surface area contributed by atoms with E-state index in [1.165, 1.54) is 0 Å². The van der Waals surface area contributed by atoms with Crippen molar-refractivity contribution in [3.8, 4) is 11.6 Å². The molecule has 0 aliphatic carbocycles. The van der Waals surface area contributed by atoms with Gasteiger partial charge in [-0.1, -0.05) is 18.2 Å². The molecule has 0 bridgehead atoms. The molecule has 0 atom stereocenters. The third-order valence-electron chi connectivity index (χ3n) is 2.42. The van der Waals surface area contributed by atoms with Gasteiger partial charge in [0.25, 0.3) is 0 Å². The fourth-order valence-corrected chi connectivity index (χ4v) is 1.62. The average Bonchev–Trinajstić information content (AvgIpc) is 2.42. The fraction of sp³-hybridized carbons (Fsp3) is 0.154. The van der Waals surface area contributed by atoms with Crippen LogP contribution >= 0.6 is 0 Å². The molecule has 0 N–H and O–H groups in total. The first-order valence-electron chi connectivity index (χ1n) is 5.58. The van der Waals surface area contributed by atoms with Gasteiger partial charge in [0.1, 0.15) is 5.75 Å². The topological polar surface area (TPSA) is 40.6 Å². The lowest BCUT2D eigenvalue weighted by Gasteiger charge is -2.10. The first-order chi connectivity index (χ1) is 8.83. The Morgan fingerprint density at radius 2 is 1.83 bits per heavy atom. The summed E-state index contributed by atoms with van der Waals surface area (Å²) in [5.74, 6) is 1.26. The van der Waals surface area contributed by atoms with E-state index in [4.69, 9.17) is 14.0 Å². The zero-order valence-corrected chi connectivity index (χ0v) is 10.4. The number of hydrogen-bond acceptors (Lipinski definition) is 4. The summed E-state index contributed by atoms with van der Waals surface area (Å²) < 4.78 is 16.0. The Hall–Kier alpha value is -1.85. The number of pyridine rings is 1. The van der Waals surface area contributed by atoms with Crippen LogP contribution in [0.2, 0.25) is 0 Å². The highest BCUT2D eigenvalue weighted by Crippen LogP contribution is 2.17. The summed E-state index contributed by atoms with van der Waals surface area (Å²) in [4.78, 5) is 4.10. The van der Waals surface area contributed by atoms with E-state index in [2.05, 4.69) is 4.98 Å². The molecule has 1 aromatic heterocycles. The molecule has 5 heteroatoms. The Labute approximate surface area is 107 Å². The molecule has 0 spiro atoms. The number of nitrogens with zero attached hydrogens (tertiary/aromatic N) is 1. The number of hydrogen-bond donors (Lipinski definition) is 0. The van der Waals surface area contributed by atoms with Gasteiger partial charge in [-0.25, -0.2) is 4.98 Å². The first kappa shape index (κ1) is 12.6. The molecule has 0 aliphatic heterocycles. The molecule has 2 aromatic rings. The Morgan fingerprint density at radius 3 is 2.50 bits per heavy atom. The predicted octanol–water partition coefficient (Wildman–Crippen LogP) is 1.86. The SMILES string of the molecule is COB(OC)c1cccc(Oc2ccccn2)c1. The van der Waals surface area contributed by atoms with E-state index >= 15 is 0 Å². The first-order valence-corrected chi connectivity index (χ1v) is 5.58. The van der Waals surface area contributed by atoms with Crippen LogP contribution in [-0.4, -0.2) is 26.3 Å². The molecule has 4 nitrogen and oxygen atoms in total. The molecule has 0 aliphatic rings. The summed E-state index contributed by atoms with van der Waals surface area (Å²) >= 11 is 0. The van der Waals surface area contributed by atoms with Gasteiger partial charge in [0.15, 0.2) is 0 Å². The maximum atomic E-state index is 5.64. The van der Waals surface area contributed by atoms with Gasteiger partial charge in [-0.3, -0.25) is 0 Å². The van der Waals surface area contributed by atoms with Gasteiger partial charge in [0.2, 0.25) is 5.88 Å². The fourth-order valence-electron chi connectivity index (χ4n) is 1.62. The Morgan fingerprint density at radius 1 is 1.00 bits per heavy atom. The van der Waals surface area contributed by atoms with Crippen LogP contribution < -0.4 is 10.2 Å². The smallest absolute Gasteiger partial charge is 0.439 e. The third-order valence-corrected chi connectivity index (χ3v) is 2.42. The summed E-state index contributed by atoms with van der Waals surface area (Å²) in [6, 6.07) is 13.1. The summed E-state index contributed by atoms with van der Waals surface area (Å²) in [7, 11) is 2.80. The van der Waals surface area contributed by atoms with Gasteiger partial charge in [-0.2, -0.15) is 0 Å². The minimum atomic E-state index is -0.391. The quantitative estimate of drug-likeness (QED) is 0.751. The second-order valence-electron chi connectivity index (χ2n) is 3.65. The molecule has 92 valence electrons. The standard InChI is InChI=1S/C13H14BNO3/c1-16-14(17-2)11-6-5-7-12(10-11)18-13-8-3-4-9-15-13/h3-10H,1-2H3. The predicted molar refractivity (Wildman–Crippen MR) is 70.2 cm³/mol. The third kappa shape index (κ3) is 3.09. The van der Waals surface area contributed by atoms with E-state index < -0.39 is 7.12 Å². The second kappa shape index (κ2) is 6.19.